The molecule has 0 aromatic heterocycles. The van der Waals surface area contributed by atoms with Gasteiger partial charge in [0, 0.05) is 6.42 Å². The third-order valence-electron chi connectivity index (χ3n) is 1.17. The molecule has 2 heteroatoms. The van der Waals surface area contributed by atoms with E-state index in [2.05, 4.69) is 6.42 Å². The van der Waals surface area contributed by atoms with E-state index in [4.69, 9.17) is 9.47 Å². The minimum absolute atomic E-state index is 0.0370. The summed E-state index contributed by atoms with van der Waals surface area (Å²) in [6.45, 7) is 4.84. The van der Waals surface area contributed by atoms with Crippen LogP contribution >= 0.6 is 0 Å². The SMILES string of the molecule is CC(C)OC1[CH]CCO1. The van der Waals surface area contributed by atoms with Gasteiger partial charge >= 0.3 is 0 Å². The van der Waals surface area contributed by atoms with E-state index >= 15 is 0 Å². The smallest absolute Gasteiger partial charge is 0.161 e. The zero-order chi connectivity index (χ0) is 6.69. The van der Waals surface area contributed by atoms with Crippen LogP contribution in [0.25, 0.3) is 0 Å². The van der Waals surface area contributed by atoms with Crippen LogP contribution in [-0.4, -0.2) is 19.0 Å². The second-order valence-corrected chi connectivity index (χ2v) is 2.45. The Labute approximate surface area is 56.2 Å². The molecular weight excluding hydrogens is 116 g/mol. The van der Waals surface area contributed by atoms with Gasteiger partial charge in [0.05, 0.1) is 12.7 Å². The molecule has 0 aliphatic carbocycles. The number of hydrogen-bond acceptors (Lipinski definition) is 2. The molecule has 1 rings (SSSR count). The highest BCUT2D eigenvalue weighted by molar-refractivity contribution is 4.75. The van der Waals surface area contributed by atoms with Gasteiger partial charge in [0.1, 0.15) is 0 Å². The van der Waals surface area contributed by atoms with E-state index in [1.807, 2.05) is 13.8 Å². The molecule has 1 unspecified atom stereocenters. The molecule has 2 nitrogen and oxygen atoms in total. The maximum absolute atomic E-state index is 5.33. The molecule has 1 fully saturated rings. The summed E-state index contributed by atoms with van der Waals surface area (Å²) >= 11 is 0. The van der Waals surface area contributed by atoms with Crippen LogP contribution in [0.3, 0.4) is 0 Å². The van der Waals surface area contributed by atoms with Crippen molar-refractivity contribution in [3.8, 4) is 0 Å². The number of hydrogen-bond donors (Lipinski definition) is 0. The Morgan fingerprint density at radius 2 is 2.44 bits per heavy atom. The number of rotatable bonds is 2. The van der Waals surface area contributed by atoms with E-state index in [9.17, 15) is 0 Å². The minimum atomic E-state index is -0.0370. The molecule has 0 N–H and O–H groups in total. The predicted octanol–water partition coefficient (Wildman–Crippen LogP) is 1.36. The molecule has 9 heavy (non-hydrogen) atoms. The van der Waals surface area contributed by atoms with Crippen LogP contribution < -0.4 is 0 Å². The molecule has 1 atom stereocenters. The van der Waals surface area contributed by atoms with Crippen molar-refractivity contribution in [2.45, 2.75) is 32.7 Å². The van der Waals surface area contributed by atoms with Crippen LogP contribution in [0.4, 0.5) is 0 Å². The Hall–Kier alpha value is -0.0800. The van der Waals surface area contributed by atoms with Crippen LogP contribution in [0.15, 0.2) is 0 Å². The van der Waals surface area contributed by atoms with Gasteiger partial charge in [-0.1, -0.05) is 0 Å². The molecule has 0 aromatic rings. The summed E-state index contributed by atoms with van der Waals surface area (Å²) in [5, 5.41) is 0. The monoisotopic (exact) mass is 129 g/mol. The lowest BCUT2D eigenvalue weighted by atomic mass is 10.3. The maximum atomic E-state index is 5.33. The zero-order valence-corrected chi connectivity index (χ0v) is 5.96. The Bertz CT molecular complexity index is 75.0. The van der Waals surface area contributed by atoms with Crippen LogP contribution in [0.5, 0.6) is 0 Å². The lowest BCUT2D eigenvalue weighted by Gasteiger charge is -2.12. The molecule has 0 amide bonds. The highest BCUT2D eigenvalue weighted by atomic mass is 16.7. The fraction of sp³-hybridized carbons (Fsp3) is 0.857. The molecule has 0 bridgehead atoms. The first kappa shape index (κ1) is 7.03. The Morgan fingerprint density at radius 3 is 2.89 bits per heavy atom. The molecule has 1 aliphatic rings. The van der Waals surface area contributed by atoms with E-state index in [0.717, 1.165) is 13.0 Å². The fourth-order valence-electron chi connectivity index (χ4n) is 0.819. The van der Waals surface area contributed by atoms with E-state index in [-0.39, 0.29) is 12.4 Å². The van der Waals surface area contributed by atoms with Crippen molar-refractivity contribution in [1.29, 1.82) is 0 Å². The van der Waals surface area contributed by atoms with E-state index in [0.29, 0.717) is 0 Å². The van der Waals surface area contributed by atoms with Crippen LogP contribution in [0, 0.1) is 6.42 Å². The van der Waals surface area contributed by atoms with Gasteiger partial charge in [-0.15, -0.1) is 0 Å². The normalized spacial score (nSPS) is 27.7. The topological polar surface area (TPSA) is 18.5 Å². The quantitative estimate of drug-likeness (QED) is 0.560. The average Bonchev–Trinajstić information content (AvgIpc) is 2.15. The zero-order valence-electron chi connectivity index (χ0n) is 5.96. The van der Waals surface area contributed by atoms with Crippen LogP contribution in [0.2, 0.25) is 0 Å². The first-order chi connectivity index (χ1) is 4.29. The summed E-state index contributed by atoms with van der Waals surface area (Å²) in [5.74, 6) is 0. The van der Waals surface area contributed by atoms with Crippen molar-refractivity contribution in [1.82, 2.24) is 0 Å². The van der Waals surface area contributed by atoms with E-state index < -0.39 is 0 Å². The summed E-state index contributed by atoms with van der Waals surface area (Å²) in [6.07, 6.45) is 3.31. The third kappa shape index (κ3) is 2.33. The summed E-state index contributed by atoms with van der Waals surface area (Å²) in [6, 6.07) is 0. The first-order valence-corrected chi connectivity index (χ1v) is 3.39. The van der Waals surface area contributed by atoms with Crippen LogP contribution in [-0.2, 0) is 9.47 Å². The van der Waals surface area contributed by atoms with Gasteiger partial charge in [0.2, 0.25) is 0 Å². The predicted molar refractivity (Wildman–Crippen MR) is 34.9 cm³/mol. The summed E-state index contributed by atoms with van der Waals surface area (Å²) < 4.78 is 10.5. The highest BCUT2D eigenvalue weighted by Gasteiger charge is 2.16. The van der Waals surface area contributed by atoms with Gasteiger partial charge in [-0.3, -0.25) is 0 Å². The second-order valence-electron chi connectivity index (χ2n) is 2.45. The molecule has 0 saturated carbocycles. The van der Waals surface area contributed by atoms with Gasteiger partial charge in [0.25, 0.3) is 0 Å². The molecule has 53 valence electrons. The van der Waals surface area contributed by atoms with Crippen molar-refractivity contribution >= 4 is 0 Å². The third-order valence-corrected chi connectivity index (χ3v) is 1.17. The first-order valence-electron chi connectivity index (χ1n) is 3.39. The summed E-state index contributed by atoms with van der Waals surface area (Å²) in [7, 11) is 0. The molecule has 0 aromatic carbocycles. The van der Waals surface area contributed by atoms with Gasteiger partial charge < -0.3 is 9.47 Å². The molecule has 1 aliphatic heterocycles. The minimum Gasteiger partial charge on any atom is -0.352 e. The van der Waals surface area contributed by atoms with E-state index in [1.165, 1.54) is 0 Å². The van der Waals surface area contributed by atoms with Gasteiger partial charge in [0.15, 0.2) is 6.29 Å². The van der Waals surface area contributed by atoms with E-state index in [1.54, 1.807) is 0 Å². The summed E-state index contributed by atoms with van der Waals surface area (Å²) in [4.78, 5) is 0. The maximum Gasteiger partial charge on any atom is 0.161 e. The lowest BCUT2D eigenvalue weighted by molar-refractivity contribution is -0.118. The fourth-order valence-corrected chi connectivity index (χ4v) is 0.819. The van der Waals surface area contributed by atoms with Crippen molar-refractivity contribution in [2.75, 3.05) is 6.61 Å². The lowest BCUT2D eigenvalue weighted by Crippen LogP contribution is -2.16. The second kappa shape index (κ2) is 3.18. The average molecular weight is 129 g/mol. The van der Waals surface area contributed by atoms with Crippen LogP contribution in [0.1, 0.15) is 20.3 Å². The van der Waals surface area contributed by atoms with Gasteiger partial charge in [-0.25, -0.2) is 0 Å². The standard InChI is InChI=1S/C7H13O2/c1-6(2)9-7-4-3-5-8-7/h4,6-7H,3,5H2,1-2H3. The molecule has 0 spiro atoms. The molecule has 1 heterocycles. The largest absolute Gasteiger partial charge is 0.352 e. The Kier molecular flexibility index (Phi) is 2.49. The van der Waals surface area contributed by atoms with Gasteiger partial charge in [-0.2, -0.15) is 0 Å². The Balaban J connectivity index is 2.11. The van der Waals surface area contributed by atoms with Crippen molar-refractivity contribution in [3.63, 3.8) is 0 Å². The number of ether oxygens (including phenoxy) is 2. The van der Waals surface area contributed by atoms with Crippen molar-refractivity contribution < 1.29 is 9.47 Å². The molecular formula is C7H13O2. The van der Waals surface area contributed by atoms with Gasteiger partial charge in [-0.05, 0) is 20.3 Å². The Morgan fingerprint density at radius 1 is 1.67 bits per heavy atom. The van der Waals surface area contributed by atoms with Crippen molar-refractivity contribution in [3.05, 3.63) is 6.42 Å². The highest BCUT2D eigenvalue weighted by Crippen LogP contribution is 2.13. The van der Waals surface area contributed by atoms with Crippen molar-refractivity contribution in [2.24, 2.45) is 0 Å². The summed E-state index contributed by atoms with van der Waals surface area (Å²) in [5.41, 5.74) is 0. The molecule has 1 saturated heterocycles. The molecule has 1 radical (unpaired) electrons.